The molecular weight excluding hydrogens is 248 g/mol. The molecule has 1 fully saturated rings. The number of hydrogen-bond donors (Lipinski definition) is 4. The van der Waals surface area contributed by atoms with Crippen LogP contribution in [-0.4, -0.2) is 38.8 Å². The average Bonchev–Trinajstić information content (AvgIpc) is 2.32. The second-order valence-electron chi connectivity index (χ2n) is 4.95. The third kappa shape index (κ3) is 3.90. The van der Waals surface area contributed by atoms with Crippen molar-refractivity contribution in [1.29, 1.82) is 0 Å². The molecule has 0 aliphatic heterocycles. The Morgan fingerprint density at radius 2 is 2.00 bits per heavy atom. The summed E-state index contributed by atoms with van der Waals surface area (Å²) < 4.78 is 5.42. The normalized spacial score (nSPS) is 21.9. The van der Waals surface area contributed by atoms with E-state index in [1.165, 1.54) is 0 Å². The summed E-state index contributed by atoms with van der Waals surface area (Å²) in [6.45, 7) is 4.50. The first kappa shape index (κ1) is 13.8. The lowest BCUT2D eigenvalue weighted by molar-refractivity contribution is 0.0486. The van der Waals surface area contributed by atoms with Gasteiger partial charge in [0.15, 0.2) is 0 Å². The van der Waals surface area contributed by atoms with Gasteiger partial charge >= 0.3 is 6.01 Å². The molecule has 1 aliphatic rings. The molecule has 5 N–H and O–H groups in total. The zero-order valence-corrected chi connectivity index (χ0v) is 11.1. The number of ether oxygens (including phenoxy) is 1. The van der Waals surface area contributed by atoms with E-state index in [0.29, 0.717) is 18.4 Å². The van der Waals surface area contributed by atoms with Crippen molar-refractivity contribution in [3.8, 4) is 6.01 Å². The number of aliphatic hydroxyl groups is 1. The van der Waals surface area contributed by atoms with Gasteiger partial charge in [0.25, 0.3) is 0 Å². The summed E-state index contributed by atoms with van der Waals surface area (Å²) in [6, 6.07) is 0.231. The van der Waals surface area contributed by atoms with Crippen LogP contribution in [0.1, 0.15) is 26.7 Å². The minimum atomic E-state index is -0.161. The van der Waals surface area contributed by atoms with Crippen molar-refractivity contribution in [1.82, 2.24) is 15.0 Å². The molecular formula is C11H20N6O2. The molecule has 1 aromatic rings. The van der Waals surface area contributed by atoms with Gasteiger partial charge in [-0.3, -0.25) is 5.43 Å². The maximum atomic E-state index is 9.23. The van der Waals surface area contributed by atoms with E-state index in [9.17, 15) is 5.11 Å². The molecule has 8 nitrogen and oxygen atoms in total. The second-order valence-corrected chi connectivity index (χ2v) is 4.95. The first-order valence-electron chi connectivity index (χ1n) is 6.38. The molecule has 0 radical (unpaired) electrons. The van der Waals surface area contributed by atoms with E-state index in [4.69, 9.17) is 10.6 Å². The van der Waals surface area contributed by atoms with E-state index >= 15 is 0 Å². The van der Waals surface area contributed by atoms with E-state index in [2.05, 4.69) is 25.7 Å². The zero-order valence-electron chi connectivity index (χ0n) is 11.1. The van der Waals surface area contributed by atoms with Crippen molar-refractivity contribution in [2.75, 3.05) is 17.3 Å². The molecule has 2 rings (SSSR count). The SMILES string of the molecule is CC(C)Oc1nc(NN)nc(NCC2CC(O)C2)n1. The Kier molecular flexibility index (Phi) is 4.33. The molecule has 1 saturated carbocycles. The van der Waals surface area contributed by atoms with E-state index in [0.717, 1.165) is 12.8 Å². The Hall–Kier alpha value is -1.67. The molecule has 19 heavy (non-hydrogen) atoms. The summed E-state index contributed by atoms with van der Waals surface area (Å²) in [5.74, 6) is 6.43. The molecule has 0 aromatic carbocycles. The first-order chi connectivity index (χ1) is 9.06. The Morgan fingerprint density at radius 1 is 1.32 bits per heavy atom. The van der Waals surface area contributed by atoms with Gasteiger partial charge in [-0.25, -0.2) is 5.84 Å². The third-order valence-corrected chi connectivity index (χ3v) is 2.84. The number of aliphatic hydroxyl groups excluding tert-OH is 1. The number of hydrazine groups is 1. The highest BCUT2D eigenvalue weighted by atomic mass is 16.5. The second kappa shape index (κ2) is 5.98. The number of nitrogens with one attached hydrogen (secondary N) is 2. The highest BCUT2D eigenvalue weighted by Crippen LogP contribution is 2.27. The summed E-state index contributed by atoms with van der Waals surface area (Å²) in [4.78, 5) is 12.3. The predicted octanol–water partition coefficient (Wildman–Crippen LogP) is 0.127. The van der Waals surface area contributed by atoms with Gasteiger partial charge in [-0.2, -0.15) is 15.0 Å². The third-order valence-electron chi connectivity index (χ3n) is 2.84. The lowest BCUT2D eigenvalue weighted by Gasteiger charge is -2.31. The standard InChI is InChI=1S/C11H20N6O2/c1-6(2)19-11-15-9(14-10(16-11)17-12)13-5-7-3-8(18)4-7/h6-8,18H,3-5,12H2,1-2H3,(H2,13,14,15,16,17). The van der Waals surface area contributed by atoms with E-state index in [1.54, 1.807) is 0 Å². The number of anilines is 2. The molecule has 1 aromatic heterocycles. The van der Waals surface area contributed by atoms with Crippen molar-refractivity contribution in [2.24, 2.45) is 11.8 Å². The van der Waals surface area contributed by atoms with Crippen molar-refractivity contribution >= 4 is 11.9 Å². The van der Waals surface area contributed by atoms with Crippen LogP contribution in [0.4, 0.5) is 11.9 Å². The van der Waals surface area contributed by atoms with Crippen LogP contribution >= 0.6 is 0 Å². The smallest absolute Gasteiger partial charge is 0.323 e. The quantitative estimate of drug-likeness (QED) is 0.424. The minimum absolute atomic E-state index is 0.0253. The van der Waals surface area contributed by atoms with Gasteiger partial charge in [-0.15, -0.1) is 0 Å². The number of rotatable bonds is 6. The highest BCUT2D eigenvalue weighted by molar-refractivity contribution is 5.35. The van der Waals surface area contributed by atoms with Gasteiger partial charge in [0.1, 0.15) is 0 Å². The van der Waals surface area contributed by atoms with Crippen LogP contribution in [0.3, 0.4) is 0 Å². The van der Waals surface area contributed by atoms with E-state index in [-0.39, 0.29) is 24.2 Å². The number of aromatic nitrogens is 3. The topological polar surface area (TPSA) is 118 Å². The molecule has 106 valence electrons. The Labute approximate surface area is 111 Å². The Bertz CT molecular complexity index is 422. The van der Waals surface area contributed by atoms with Crippen LogP contribution in [-0.2, 0) is 0 Å². The molecule has 0 amide bonds. The summed E-state index contributed by atoms with van der Waals surface area (Å²) in [5, 5.41) is 12.3. The molecule has 1 aliphatic carbocycles. The van der Waals surface area contributed by atoms with Crippen LogP contribution in [0, 0.1) is 5.92 Å². The minimum Gasteiger partial charge on any atom is -0.461 e. The molecule has 0 spiro atoms. The van der Waals surface area contributed by atoms with Gasteiger partial charge in [0.2, 0.25) is 11.9 Å². The van der Waals surface area contributed by atoms with Crippen LogP contribution < -0.4 is 21.3 Å². The van der Waals surface area contributed by atoms with Gasteiger partial charge in [0.05, 0.1) is 12.2 Å². The molecule has 0 atom stereocenters. The predicted molar refractivity (Wildman–Crippen MR) is 70.6 cm³/mol. The first-order valence-corrected chi connectivity index (χ1v) is 6.38. The highest BCUT2D eigenvalue weighted by Gasteiger charge is 2.26. The largest absolute Gasteiger partial charge is 0.461 e. The number of hydrogen-bond acceptors (Lipinski definition) is 8. The number of nitrogen functional groups attached to an aromatic ring is 1. The zero-order chi connectivity index (χ0) is 13.8. The van der Waals surface area contributed by atoms with Crippen molar-refractivity contribution in [3.63, 3.8) is 0 Å². The summed E-state index contributed by atoms with van der Waals surface area (Å²) in [5.41, 5.74) is 2.38. The van der Waals surface area contributed by atoms with Gasteiger partial charge in [-0.05, 0) is 32.6 Å². The van der Waals surface area contributed by atoms with E-state index in [1.807, 2.05) is 13.8 Å². The Balaban J connectivity index is 1.97. The van der Waals surface area contributed by atoms with Crippen LogP contribution in [0.15, 0.2) is 0 Å². The fraction of sp³-hybridized carbons (Fsp3) is 0.727. The summed E-state index contributed by atoms with van der Waals surface area (Å²) in [6.07, 6.45) is 1.44. The van der Waals surface area contributed by atoms with Crippen molar-refractivity contribution in [2.45, 2.75) is 38.9 Å². The molecule has 1 heterocycles. The summed E-state index contributed by atoms with van der Waals surface area (Å²) in [7, 11) is 0. The van der Waals surface area contributed by atoms with E-state index < -0.39 is 0 Å². The van der Waals surface area contributed by atoms with Gasteiger partial charge < -0.3 is 15.2 Å². The van der Waals surface area contributed by atoms with Gasteiger partial charge in [0, 0.05) is 6.54 Å². The van der Waals surface area contributed by atoms with Crippen LogP contribution in [0.5, 0.6) is 6.01 Å². The maximum Gasteiger partial charge on any atom is 0.323 e. The lowest BCUT2D eigenvalue weighted by atomic mass is 9.82. The van der Waals surface area contributed by atoms with Crippen LogP contribution in [0.2, 0.25) is 0 Å². The molecule has 0 bridgehead atoms. The summed E-state index contributed by atoms with van der Waals surface area (Å²) >= 11 is 0. The molecule has 0 saturated heterocycles. The number of nitrogens with two attached hydrogens (primary N) is 1. The Morgan fingerprint density at radius 3 is 2.58 bits per heavy atom. The number of nitrogens with zero attached hydrogens (tertiary/aromatic N) is 3. The van der Waals surface area contributed by atoms with Gasteiger partial charge in [-0.1, -0.05) is 0 Å². The van der Waals surface area contributed by atoms with Crippen molar-refractivity contribution in [3.05, 3.63) is 0 Å². The lowest BCUT2D eigenvalue weighted by Crippen LogP contribution is -2.33. The fourth-order valence-electron chi connectivity index (χ4n) is 1.87. The molecule has 0 unspecified atom stereocenters. The maximum absolute atomic E-state index is 9.23. The van der Waals surface area contributed by atoms with Crippen molar-refractivity contribution < 1.29 is 9.84 Å². The molecule has 8 heteroatoms. The van der Waals surface area contributed by atoms with Crippen LogP contribution in [0.25, 0.3) is 0 Å². The fourth-order valence-corrected chi connectivity index (χ4v) is 1.87. The monoisotopic (exact) mass is 268 g/mol. The average molecular weight is 268 g/mol.